The highest BCUT2D eigenvalue weighted by atomic mass is 19.4. The van der Waals surface area contributed by atoms with E-state index in [1.807, 2.05) is 24.3 Å². The number of hydrogen-bond donors (Lipinski definition) is 1. The number of carbonyl (C=O) groups excluding carboxylic acids is 2. The molecular formula is C24H26F3N3O4. The Labute approximate surface area is 195 Å². The first-order valence-electron chi connectivity index (χ1n) is 10.7. The number of methoxy groups -OCH3 is 1. The molecule has 2 aromatic rings. The van der Waals surface area contributed by atoms with E-state index < -0.39 is 18.3 Å². The third kappa shape index (κ3) is 7.16. The minimum atomic E-state index is -4.76. The lowest BCUT2D eigenvalue weighted by molar-refractivity contribution is -0.274. The van der Waals surface area contributed by atoms with Crippen LogP contribution in [0.4, 0.5) is 18.9 Å². The lowest BCUT2D eigenvalue weighted by atomic mass is 10.1. The number of rotatable bonds is 7. The van der Waals surface area contributed by atoms with Crippen molar-refractivity contribution in [3.8, 4) is 11.5 Å². The third-order valence-corrected chi connectivity index (χ3v) is 5.38. The number of piperazine rings is 1. The second-order valence-electron chi connectivity index (χ2n) is 7.69. The molecule has 2 amide bonds. The Morgan fingerprint density at radius 2 is 1.53 bits per heavy atom. The molecule has 34 heavy (non-hydrogen) atoms. The van der Waals surface area contributed by atoms with Crippen LogP contribution in [0.3, 0.4) is 0 Å². The van der Waals surface area contributed by atoms with Gasteiger partial charge in [0, 0.05) is 44.0 Å². The van der Waals surface area contributed by atoms with Gasteiger partial charge in [0.25, 0.3) is 0 Å². The van der Waals surface area contributed by atoms with Crippen LogP contribution in [0.2, 0.25) is 0 Å². The summed E-state index contributed by atoms with van der Waals surface area (Å²) in [5.74, 6) is -0.297. The second kappa shape index (κ2) is 11.0. The van der Waals surface area contributed by atoms with Crippen molar-refractivity contribution in [3.05, 3.63) is 66.2 Å². The molecule has 0 aromatic heterocycles. The molecule has 1 unspecified atom stereocenters. The Kier molecular flexibility index (Phi) is 8.04. The van der Waals surface area contributed by atoms with Crippen LogP contribution in [-0.4, -0.2) is 56.4 Å². The van der Waals surface area contributed by atoms with Crippen LogP contribution in [0.25, 0.3) is 0 Å². The molecule has 1 aliphatic rings. The number of alkyl halides is 3. The largest absolute Gasteiger partial charge is 0.573 e. The summed E-state index contributed by atoms with van der Waals surface area (Å²) in [6, 6.07) is 12.5. The van der Waals surface area contributed by atoms with Gasteiger partial charge < -0.3 is 24.6 Å². The Morgan fingerprint density at radius 1 is 0.941 bits per heavy atom. The molecule has 1 N–H and O–H groups in total. The van der Waals surface area contributed by atoms with Crippen molar-refractivity contribution >= 4 is 17.5 Å². The average molecular weight is 477 g/mol. The fourth-order valence-corrected chi connectivity index (χ4v) is 3.53. The number of ether oxygens (including phenoxy) is 2. The summed E-state index contributed by atoms with van der Waals surface area (Å²) in [7, 11) is 1.61. The fraction of sp³-hybridized carbons (Fsp3) is 0.333. The summed E-state index contributed by atoms with van der Waals surface area (Å²) in [6.07, 6.45) is -2.37. The highest BCUT2D eigenvalue weighted by Gasteiger charge is 2.31. The van der Waals surface area contributed by atoms with Crippen LogP contribution >= 0.6 is 0 Å². The summed E-state index contributed by atoms with van der Waals surface area (Å²) in [4.78, 5) is 28.5. The molecule has 1 atom stereocenters. The van der Waals surface area contributed by atoms with Crippen LogP contribution in [0, 0.1) is 0 Å². The molecule has 10 heteroatoms. The number of benzene rings is 2. The van der Waals surface area contributed by atoms with Gasteiger partial charge in [0.15, 0.2) is 0 Å². The number of hydrogen-bond acceptors (Lipinski definition) is 5. The Hall–Kier alpha value is -3.69. The SMILES string of the molecule is COc1ccc(N2CCN(C(=O)/C=C/C(=O)NC(C)c3ccc(OC(F)(F)F)cc3)CC2)cc1. The minimum Gasteiger partial charge on any atom is -0.497 e. The number of anilines is 1. The predicted octanol–water partition coefficient (Wildman–Crippen LogP) is 3.68. The highest BCUT2D eigenvalue weighted by Crippen LogP contribution is 2.24. The Balaban J connectivity index is 1.45. The summed E-state index contributed by atoms with van der Waals surface area (Å²) in [6.45, 7) is 4.08. The zero-order valence-electron chi connectivity index (χ0n) is 18.8. The zero-order valence-corrected chi connectivity index (χ0v) is 18.8. The molecule has 0 spiro atoms. The van der Waals surface area contributed by atoms with Gasteiger partial charge in [-0.25, -0.2) is 0 Å². The molecule has 0 bridgehead atoms. The first-order chi connectivity index (χ1) is 16.1. The lowest BCUT2D eigenvalue weighted by Gasteiger charge is -2.35. The predicted molar refractivity (Wildman–Crippen MR) is 121 cm³/mol. The van der Waals surface area contributed by atoms with Crippen molar-refractivity contribution in [2.45, 2.75) is 19.3 Å². The standard InChI is InChI=1S/C24H26F3N3O4/c1-17(18-3-7-21(8-4-18)34-24(25,26)27)28-22(31)11-12-23(32)30-15-13-29(14-16-30)19-5-9-20(33-2)10-6-19/h3-12,17H,13-16H2,1-2H3,(H,28,31)/b12-11+. The van der Waals surface area contributed by atoms with E-state index in [0.29, 0.717) is 31.7 Å². The van der Waals surface area contributed by atoms with E-state index in [4.69, 9.17) is 4.74 Å². The van der Waals surface area contributed by atoms with E-state index in [-0.39, 0.29) is 11.7 Å². The fourth-order valence-electron chi connectivity index (χ4n) is 3.53. The maximum Gasteiger partial charge on any atom is 0.573 e. The van der Waals surface area contributed by atoms with Gasteiger partial charge in [-0.2, -0.15) is 0 Å². The molecule has 1 fully saturated rings. The summed E-state index contributed by atoms with van der Waals surface area (Å²) in [5, 5.41) is 2.68. The van der Waals surface area contributed by atoms with Crippen molar-refractivity contribution in [1.29, 1.82) is 0 Å². The summed E-state index contributed by atoms with van der Waals surface area (Å²) < 4.78 is 45.8. The van der Waals surface area contributed by atoms with Crippen molar-refractivity contribution < 1.29 is 32.2 Å². The zero-order chi connectivity index (χ0) is 24.7. The smallest absolute Gasteiger partial charge is 0.497 e. The average Bonchev–Trinajstić information content (AvgIpc) is 2.82. The van der Waals surface area contributed by atoms with Crippen molar-refractivity contribution in [3.63, 3.8) is 0 Å². The molecule has 0 aliphatic carbocycles. The maximum atomic E-state index is 12.5. The van der Waals surface area contributed by atoms with Gasteiger partial charge in [0.1, 0.15) is 11.5 Å². The number of carbonyl (C=O) groups is 2. The Morgan fingerprint density at radius 3 is 2.09 bits per heavy atom. The van der Waals surface area contributed by atoms with E-state index in [1.54, 1.807) is 18.9 Å². The van der Waals surface area contributed by atoms with Crippen molar-refractivity contribution in [2.75, 3.05) is 38.2 Å². The first kappa shape index (κ1) is 24.9. The normalized spacial score (nSPS) is 15.2. The van der Waals surface area contributed by atoms with Crippen LogP contribution < -0.4 is 19.7 Å². The number of nitrogens with one attached hydrogen (secondary N) is 1. The molecule has 1 saturated heterocycles. The number of halogens is 3. The molecule has 0 radical (unpaired) electrons. The quantitative estimate of drug-likeness (QED) is 0.617. The van der Waals surface area contributed by atoms with E-state index in [9.17, 15) is 22.8 Å². The van der Waals surface area contributed by atoms with Crippen molar-refractivity contribution in [2.24, 2.45) is 0 Å². The van der Waals surface area contributed by atoms with Gasteiger partial charge in [0.05, 0.1) is 13.2 Å². The van der Waals surface area contributed by atoms with E-state index >= 15 is 0 Å². The molecule has 2 aromatic carbocycles. The van der Waals surface area contributed by atoms with Gasteiger partial charge in [0.2, 0.25) is 11.8 Å². The van der Waals surface area contributed by atoms with Crippen LogP contribution in [0.5, 0.6) is 11.5 Å². The van der Waals surface area contributed by atoms with Gasteiger partial charge in [-0.05, 0) is 48.9 Å². The van der Waals surface area contributed by atoms with Crippen LogP contribution in [-0.2, 0) is 9.59 Å². The number of nitrogens with zero attached hydrogens (tertiary/aromatic N) is 2. The monoisotopic (exact) mass is 477 g/mol. The van der Waals surface area contributed by atoms with Crippen LogP contribution in [0.15, 0.2) is 60.7 Å². The van der Waals surface area contributed by atoms with E-state index in [2.05, 4.69) is 15.0 Å². The molecule has 1 aliphatic heterocycles. The lowest BCUT2D eigenvalue weighted by Crippen LogP contribution is -2.48. The molecular weight excluding hydrogens is 451 g/mol. The van der Waals surface area contributed by atoms with Gasteiger partial charge in [-0.3, -0.25) is 9.59 Å². The van der Waals surface area contributed by atoms with Gasteiger partial charge in [-0.15, -0.1) is 13.2 Å². The summed E-state index contributed by atoms with van der Waals surface area (Å²) >= 11 is 0. The highest BCUT2D eigenvalue weighted by molar-refractivity contribution is 5.96. The van der Waals surface area contributed by atoms with Gasteiger partial charge >= 0.3 is 6.36 Å². The molecule has 1 heterocycles. The third-order valence-electron chi connectivity index (χ3n) is 5.38. The van der Waals surface area contributed by atoms with E-state index in [1.165, 1.54) is 30.3 Å². The molecule has 182 valence electrons. The van der Waals surface area contributed by atoms with Gasteiger partial charge in [-0.1, -0.05) is 12.1 Å². The van der Waals surface area contributed by atoms with Crippen molar-refractivity contribution in [1.82, 2.24) is 10.2 Å². The molecule has 0 saturated carbocycles. The first-order valence-corrected chi connectivity index (χ1v) is 10.7. The number of amides is 2. The topological polar surface area (TPSA) is 71.1 Å². The maximum absolute atomic E-state index is 12.5. The molecule has 3 rings (SSSR count). The minimum absolute atomic E-state index is 0.258. The van der Waals surface area contributed by atoms with E-state index in [0.717, 1.165) is 17.5 Å². The summed E-state index contributed by atoms with van der Waals surface area (Å²) in [5.41, 5.74) is 1.65. The second-order valence-corrected chi connectivity index (χ2v) is 7.69. The Bertz CT molecular complexity index is 1000. The molecule has 7 nitrogen and oxygen atoms in total. The van der Waals surface area contributed by atoms with Crippen LogP contribution in [0.1, 0.15) is 18.5 Å².